The molecule has 0 fully saturated rings. The number of benzene rings is 2. The number of rotatable bonds is 4. The number of ether oxygens (including phenoxy) is 1. The van der Waals surface area contributed by atoms with E-state index in [4.69, 9.17) is 10.5 Å². The van der Waals surface area contributed by atoms with Gasteiger partial charge in [0.15, 0.2) is 0 Å². The molecule has 0 atom stereocenters. The van der Waals surface area contributed by atoms with Gasteiger partial charge in [0, 0.05) is 17.8 Å². The van der Waals surface area contributed by atoms with Crippen molar-refractivity contribution in [2.45, 2.75) is 6.54 Å². The molecule has 0 unspecified atom stereocenters. The summed E-state index contributed by atoms with van der Waals surface area (Å²) in [5.41, 5.74) is 7.76. The Hall–Kier alpha value is -2.01. The number of carbonyl (C=O) groups is 1. The van der Waals surface area contributed by atoms with Gasteiger partial charge in [0.2, 0.25) is 0 Å². The third-order valence-electron chi connectivity index (χ3n) is 2.82. The number of methoxy groups -OCH3 is 1. The Kier molecular flexibility index (Phi) is 4.63. The number of nitrogens with two attached hydrogens (primary N) is 1. The zero-order valence-electron chi connectivity index (χ0n) is 11.0. The second-order valence-electron chi connectivity index (χ2n) is 4.28. The molecule has 2 aromatic carbocycles. The molecule has 0 saturated carbocycles. The van der Waals surface area contributed by atoms with Crippen molar-refractivity contribution in [1.29, 1.82) is 0 Å². The lowest BCUT2D eigenvalue weighted by Crippen LogP contribution is -2.22. The average Bonchev–Trinajstić information content (AvgIpc) is 2.45. The molecule has 5 heteroatoms. The summed E-state index contributed by atoms with van der Waals surface area (Å²) in [7, 11) is 1.61. The summed E-state index contributed by atoms with van der Waals surface area (Å²) < 4.78 is 6.02. The van der Waals surface area contributed by atoms with E-state index in [9.17, 15) is 4.79 Å². The van der Waals surface area contributed by atoms with Gasteiger partial charge in [-0.3, -0.25) is 4.79 Å². The van der Waals surface area contributed by atoms with Gasteiger partial charge in [0.1, 0.15) is 5.75 Å². The standard InChI is InChI=1S/C15H15BrN2O2/c1-20-14-6-5-10(7-13(14)16)9-18-15(19)11-3-2-4-12(17)8-11/h2-8H,9,17H2,1H3,(H,18,19). The molecule has 3 N–H and O–H groups in total. The van der Waals surface area contributed by atoms with Crippen LogP contribution in [0.4, 0.5) is 5.69 Å². The zero-order valence-corrected chi connectivity index (χ0v) is 12.6. The number of nitrogens with one attached hydrogen (secondary N) is 1. The quantitative estimate of drug-likeness (QED) is 0.845. The van der Waals surface area contributed by atoms with Gasteiger partial charge in [0.05, 0.1) is 11.6 Å². The Morgan fingerprint density at radius 2 is 2.10 bits per heavy atom. The predicted molar refractivity (Wildman–Crippen MR) is 82.7 cm³/mol. The van der Waals surface area contributed by atoms with Crippen LogP contribution in [0.3, 0.4) is 0 Å². The first-order chi connectivity index (χ1) is 9.60. The Morgan fingerprint density at radius 1 is 1.30 bits per heavy atom. The molecular weight excluding hydrogens is 320 g/mol. The van der Waals surface area contributed by atoms with Gasteiger partial charge in [-0.2, -0.15) is 0 Å². The van der Waals surface area contributed by atoms with Crippen molar-refractivity contribution in [3.8, 4) is 5.75 Å². The third-order valence-corrected chi connectivity index (χ3v) is 3.44. The summed E-state index contributed by atoms with van der Waals surface area (Å²) in [6.45, 7) is 0.441. The zero-order chi connectivity index (χ0) is 14.5. The molecule has 0 saturated heterocycles. The van der Waals surface area contributed by atoms with Crippen LogP contribution in [0.5, 0.6) is 5.75 Å². The molecule has 0 aromatic heterocycles. The number of nitrogen functional groups attached to an aromatic ring is 1. The second-order valence-corrected chi connectivity index (χ2v) is 5.13. The van der Waals surface area contributed by atoms with E-state index in [1.165, 1.54) is 0 Å². The van der Waals surface area contributed by atoms with E-state index in [2.05, 4.69) is 21.2 Å². The summed E-state index contributed by atoms with van der Waals surface area (Å²) in [5, 5.41) is 2.85. The van der Waals surface area contributed by atoms with Gasteiger partial charge in [-0.1, -0.05) is 12.1 Å². The van der Waals surface area contributed by atoms with E-state index in [0.717, 1.165) is 15.8 Å². The highest BCUT2D eigenvalue weighted by atomic mass is 79.9. The van der Waals surface area contributed by atoms with Crippen LogP contribution in [0, 0.1) is 0 Å². The van der Waals surface area contributed by atoms with Crippen LogP contribution < -0.4 is 15.8 Å². The van der Waals surface area contributed by atoms with Crippen LogP contribution in [0.1, 0.15) is 15.9 Å². The van der Waals surface area contributed by atoms with Crippen molar-refractivity contribution in [3.63, 3.8) is 0 Å². The molecule has 2 aromatic rings. The molecule has 4 nitrogen and oxygen atoms in total. The smallest absolute Gasteiger partial charge is 0.251 e. The molecule has 0 aliphatic heterocycles. The van der Waals surface area contributed by atoms with Crippen LogP contribution in [0.2, 0.25) is 0 Å². The topological polar surface area (TPSA) is 64.3 Å². The van der Waals surface area contributed by atoms with E-state index in [1.54, 1.807) is 31.4 Å². The maximum Gasteiger partial charge on any atom is 0.251 e. The normalized spacial score (nSPS) is 10.1. The highest BCUT2D eigenvalue weighted by Crippen LogP contribution is 2.25. The summed E-state index contributed by atoms with van der Waals surface area (Å²) in [5.74, 6) is 0.611. The Balaban J connectivity index is 2.02. The van der Waals surface area contributed by atoms with Crippen LogP contribution in [-0.4, -0.2) is 13.0 Å². The average molecular weight is 335 g/mol. The van der Waals surface area contributed by atoms with Crippen molar-refractivity contribution in [2.24, 2.45) is 0 Å². The summed E-state index contributed by atoms with van der Waals surface area (Å²) >= 11 is 3.41. The van der Waals surface area contributed by atoms with Crippen LogP contribution in [-0.2, 0) is 6.54 Å². The monoisotopic (exact) mass is 334 g/mol. The number of hydrogen-bond acceptors (Lipinski definition) is 3. The lowest BCUT2D eigenvalue weighted by atomic mass is 10.1. The van der Waals surface area contributed by atoms with Gasteiger partial charge in [0.25, 0.3) is 5.91 Å². The minimum Gasteiger partial charge on any atom is -0.496 e. The SMILES string of the molecule is COc1ccc(CNC(=O)c2cccc(N)c2)cc1Br. The van der Waals surface area contributed by atoms with Crippen LogP contribution >= 0.6 is 15.9 Å². The van der Waals surface area contributed by atoms with Crippen molar-refractivity contribution in [2.75, 3.05) is 12.8 Å². The molecule has 0 spiro atoms. The minimum atomic E-state index is -0.149. The number of halogens is 1. The molecule has 0 aliphatic carbocycles. The number of amides is 1. The number of carbonyl (C=O) groups excluding carboxylic acids is 1. The maximum atomic E-state index is 12.0. The first-order valence-electron chi connectivity index (χ1n) is 6.06. The lowest BCUT2D eigenvalue weighted by molar-refractivity contribution is 0.0951. The molecule has 0 radical (unpaired) electrons. The fourth-order valence-electron chi connectivity index (χ4n) is 1.78. The molecule has 0 bridgehead atoms. The largest absolute Gasteiger partial charge is 0.496 e. The van der Waals surface area contributed by atoms with Gasteiger partial charge >= 0.3 is 0 Å². The van der Waals surface area contributed by atoms with E-state index in [-0.39, 0.29) is 5.91 Å². The molecule has 0 heterocycles. The van der Waals surface area contributed by atoms with Crippen LogP contribution in [0.15, 0.2) is 46.9 Å². The summed E-state index contributed by atoms with van der Waals surface area (Å²) in [6.07, 6.45) is 0. The molecule has 20 heavy (non-hydrogen) atoms. The molecule has 1 amide bonds. The second kappa shape index (κ2) is 6.43. The Labute approximate surface area is 126 Å². The highest BCUT2D eigenvalue weighted by molar-refractivity contribution is 9.10. The fourth-order valence-corrected chi connectivity index (χ4v) is 2.37. The number of hydrogen-bond donors (Lipinski definition) is 2. The van der Waals surface area contributed by atoms with Gasteiger partial charge in [-0.15, -0.1) is 0 Å². The number of anilines is 1. The van der Waals surface area contributed by atoms with E-state index in [1.807, 2.05) is 18.2 Å². The van der Waals surface area contributed by atoms with Crippen molar-refractivity contribution in [1.82, 2.24) is 5.32 Å². The molecule has 2 rings (SSSR count). The lowest BCUT2D eigenvalue weighted by Gasteiger charge is -2.08. The molecule has 104 valence electrons. The minimum absolute atomic E-state index is 0.149. The maximum absolute atomic E-state index is 12.0. The highest BCUT2D eigenvalue weighted by Gasteiger charge is 2.06. The third kappa shape index (κ3) is 3.51. The molecule has 0 aliphatic rings. The fraction of sp³-hybridized carbons (Fsp3) is 0.133. The van der Waals surface area contributed by atoms with E-state index < -0.39 is 0 Å². The van der Waals surface area contributed by atoms with E-state index in [0.29, 0.717) is 17.8 Å². The Bertz CT molecular complexity index is 629. The first kappa shape index (κ1) is 14.4. The van der Waals surface area contributed by atoms with Crippen molar-refractivity contribution >= 4 is 27.5 Å². The van der Waals surface area contributed by atoms with Gasteiger partial charge < -0.3 is 15.8 Å². The van der Waals surface area contributed by atoms with Crippen LogP contribution in [0.25, 0.3) is 0 Å². The molecular formula is C15H15BrN2O2. The van der Waals surface area contributed by atoms with Crippen molar-refractivity contribution < 1.29 is 9.53 Å². The summed E-state index contributed by atoms with van der Waals surface area (Å²) in [6, 6.07) is 12.6. The van der Waals surface area contributed by atoms with E-state index >= 15 is 0 Å². The van der Waals surface area contributed by atoms with Gasteiger partial charge in [-0.05, 0) is 51.8 Å². The first-order valence-corrected chi connectivity index (χ1v) is 6.85. The van der Waals surface area contributed by atoms with Gasteiger partial charge in [-0.25, -0.2) is 0 Å². The Morgan fingerprint density at radius 3 is 2.75 bits per heavy atom. The van der Waals surface area contributed by atoms with Crippen molar-refractivity contribution in [3.05, 3.63) is 58.1 Å². The summed E-state index contributed by atoms with van der Waals surface area (Å²) in [4.78, 5) is 12.0. The predicted octanol–water partition coefficient (Wildman–Crippen LogP) is 2.97.